The Hall–Kier alpha value is -1.99. The highest BCUT2D eigenvalue weighted by Crippen LogP contribution is 2.24. The quantitative estimate of drug-likeness (QED) is 0.694. The first-order chi connectivity index (χ1) is 9.49. The van der Waals surface area contributed by atoms with E-state index >= 15 is 0 Å². The van der Waals surface area contributed by atoms with Crippen molar-refractivity contribution in [2.45, 2.75) is 13.0 Å². The van der Waals surface area contributed by atoms with Gasteiger partial charge in [0.05, 0.1) is 11.0 Å². The molecule has 0 saturated carbocycles. The first-order valence-corrected chi connectivity index (χ1v) is 6.89. The second-order valence-corrected chi connectivity index (χ2v) is 5.35. The van der Waals surface area contributed by atoms with E-state index in [1.165, 1.54) is 23.5 Å². The van der Waals surface area contributed by atoms with Crippen LogP contribution in [0.4, 0.5) is 5.69 Å². The minimum absolute atomic E-state index is 0.0252. The van der Waals surface area contributed by atoms with Gasteiger partial charge in [-0.25, -0.2) is 4.98 Å². The summed E-state index contributed by atoms with van der Waals surface area (Å²) < 4.78 is 0. The zero-order valence-electron chi connectivity index (χ0n) is 10.4. The largest absolute Gasteiger partial charge is 0.343 e. The van der Waals surface area contributed by atoms with Crippen LogP contribution in [0, 0.1) is 10.1 Å². The Bertz CT molecular complexity index is 645. The number of carbonyl (C=O) groups excluding carboxylic acids is 1. The van der Waals surface area contributed by atoms with Crippen molar-refractivity contribution in [3.63, 3.8) is 0 Å². The first kappa shape index (κ1) is 14.4. The Kier molecular flexibility index (Phi) is 4.31. The lowest BCUT2D eigenvalue weighted by molar-refractivity contribution is -0.385. The maximum Gasteiger partial charge on any atom is 0.283 e. The topological polar surface area (TPSA) is 85.1 Å². The molecule has 0 radical (unpaired) electrons. The van der Waals surface area contributed by atoms with Crippen molar-refractivity contribution < 1.29 is 9.72 Å². The minimum atomic E-state index is -0.630. The number of amides is 1. The molecule has 2 aromatic rings. The fourth-order valence-electron chi connectivity index (χ4n) is 1.63. The number of nitrogens with zero attached hydrogens (tertiary/aromatic N) is 2. The fourth-order valence-corrected chi connectivity index (χ4v) is 2.44. The van der Waals surface area contributed by atoms with E-state index in [-0.39, 0.29) is 22.3 Å². The Morgan fingerprint density at radius 1 is 1.55 bits per heavy atom. The van der Waals surface area contributed by atoms with Crippen LogP contribution in [-0.2, 0) is 0 Å². The van der Waals surface area contributed by atoms with Gasteiger partial charge in [0.25, 0.3) is 11.6 Å². The summed E-state index contributed by atoms with van der Waals surface area (Å²) in [5.41, 5.74) is -0.343. The van der Waals surface area contributed by atoms with Crippen LogP contribution in [0.25, 0.3) is 0 Å². The van der Waals surface area contributed by atoms with E-state index < -0.39 is 10.8 Å². The number of nitro groups is 1. The maximum atomic E-state index is 12.1. The fraction of sp³-hybridized carbons (Fsp3) is 0.167. The van der Waals surface area contributed by atoms with Crippen LogP contribution in [0.5, 0.6) is 0 Å². The normalized spacial score (nSPS) is 11.9. The van der Waals surface area contributed by atoms with Crippen molar-refractivity contribution in [2.75, 3.05) is 0 Å². The molecule has 1 unspecified atom stereocenters. The van der Waals surface area contributed by atoms with Gasteiger partial charge in [0, 0.05) is 22.7 Å². The van der Waals surface area contributed by atoms with Crippen molar-refractivity contribution >= 4 is 34.5 Å². The monoisotopic (exact) mass is 311 g/mol. The second-order valence-electron chi connectivity index (χ2n) is 3.98. The summed E-state index contributed by atoms with van der Waals surface area (Å²) in [5.74, 6) is -0.531. The number of carbonyl (C=O) groups is 1. The van der Waals surface area contributed by atoms with Gasteiger partial charge in [0.15, 0.2) is 0 Å². The molecule has 0 bridgehead atoms. The van der Waals surface area contributed by atoms with E-state index in [0.29, 0.717) is 0 Å². The van der Waals surface area contributed by atoms with Gasteiger partial charge in [-0.15, -0.1) is 11.3 Å². The van der Waals surface area contributed by atoms with Crippen LogP contribution in [0.2, 0.25) is 5.02 Å². The molecule has 0 saturated heterocycles. The molecule has 2 rings (SSSR count). The lowest BCUT2D eigenvalue weighted by Crippen LogP contribution is -2.27. The van der Waals surface area contributed by atoms with Crippen LogP contribution in [0.15, 0.2) is 29.8 Å². The van der Waals surface area contributed by atoms with Crippen LogP contribution in [0.3, 0.4) is 0 Å². The van der Waals surface area contributed by atoms with Crippen LogP contribution in [-0.4, -0.2) is 15.8 Å². The summed E-state index contributed by atoms with van der Waals surface area (Å²) in [7, 11) is 0. The summed E-state index contributed by atoms with van der Waals surface area (Å²) in [6, 6.07) is 3.62. The predicted molar refractivity (Wildman–Crippen MR) is 76.1 cm³/mol. The van der Waals surface area contributed by atoms with E-state index in [2.05, 4.69) is 10.3 Å². The van der Waals surface area contributed by atoms with Crippen molar-refractivity contribution in [1.29, 1.82) is 0 Å². The van der Waals surface area contributed by atoms with Crippen molar-refractivity contribution in [1.82, 2.24) is 10.3 Å². The molecule has 1 amide bonds. The van der Waals surface area contributed by atoms with E-state index in [4.69, 9.17) is 11.6 Å². The van der Waals surface area contributed by atoms with Crippen LogP contribution < -0.4 is 5.32 Å². The van der Waals surface area contributed by atoms with Crippen LogP contribution in [0.1, 0.15) is 28.3 Å². The highest BCUT2D eigenvalue weighted by Gasteiger charge is 2.22. The molecule has 0 fully saturated rings. The molecule has 1 atom stereocenters. The number of halogens is 1. The lowest BCUT2D eigenvalue weighted by atomic mass is 10.1. The standard InChI is InChI=1S/C12H10ClN3O3S/c1-7(12-14-4-5-20-12)15-11(17)9-3-2-8(13)6-10(9)16(18)19/h2-7H,1H3,(H,15,17). The van der Waals surface area contributed by atoms with Crippen molar-refractivity contribution in [3.8, 4) is 0 Å². The molecule has 0 aliphatic rings. The number of benzene rings is 1. The third-order valence-corrected chi connectivity index (χ3v) is 3.76. The van der Waals surface area contributed by atoms with E-state index in [1.54, 1.807) is 18.5 Å². The highest BCUT2D eigenvalue weighted by molar-refractivity contribution is 7.09. The summed E-state index contributed by atoms with van der Waals surface area (Å²) in [4.78, 5) is 26.5. The third-order valence-electron chi connectivity index (χ3n) is 2.57. The number of nitro benzene ring substituents is 1. The third kappa shape index (κ3) is 3.12. The number of rotatable bonds is 4. The molecule has 0 spiro atoms. The van der Waals surface area contributed by atoms with Crippen molar-refractivity contribution in [3.05, 3.63) is 55.5 Å². The zero-order valence-corrected chi connectivity index (χ0v) is 11.9. The molecule has 20 heavy (non-hydrogen) atoms. The molecule has 0 aliphatic heterocycles. The molecule has 1 N–H and O–H groups in total. The Morgan fingerprint density at radius 3 is 2.90 bits per heavy atom. The average Bonchev–Trinajstić information content (AvgIpc) is 2.92. The van der Waals surface area contributed by atoms with Gasteiger partial charge in [-0.1, -0.05) is 11.6 Å². The molecular weight excluding hydrogens is 302 g/mol. The van der Waals surface area contributed by atoms with Gasteiger partial charge in [0.2, 0.25) is 0 Å². The SMILES string of the molecule is CC(NC(=O)c1ccc(Cl)cc1[N+](=O)[O-])c1nccs1. The predicted octanol–water partition coefficient (Wildman–Crippen LogP) is 3.20. The van der Waals surface area contributed by atoms with Crippen molar-refractivity contribution in [2.24, 2.45) is 0 Å². The molecule has 1 heterocycles. The molecule has 104 valence electrons. The van der Waals surface area contributed by atoms with Crippen LogP contribution >= 0.6 is 22.9 Å². The number of hydrogen-bond acceptors (Lipinski definition) is 5. The average molecular weight is 312 g/mol. The van der Waals surface area contributed by atoms with Gasteiger partial charge in [0.1, 0.15) is 10.6 Å². The highest BCUT2D eigenvalue weighted by atomic mass is 35.5. The van der Waals surface area contributed by atoms with E-state index in [0.717, 1.165) is 11.1 Å². The van der Waals surface area contributed by atoms with E-state index in [9.17, 15) is 14.9 Å². The number of hydrogen-bond donors (Lipinski definition) is 1. The smallest absolute Gasteiger partial charge is 0.283 e. The van der Waals surface area contributed by atoms with Gasteiger partial charge in [-0.2, -0.15) is 0 Å². The van der Waals surface area contributed by atoms with Gasteiger partial charge < -0.3 is 5.32 Å². The lowest BCUT2D eigenvalue weighted by Gasteiger charge is -2.11. The summed E-state index contributed by atoms with van der Waals surface area (Å²) in [6.07, 6.45) is 1.63. The summed E-state index contributed by atoms with van der Waals surface area (Å²) >= 11 is 7.11. The van der Waals surface area contributed by atoms with Gasteiger partial charge >= 0.3 is 0 Å². The molecule has 1 aromatic carbocycles. The minimum Gasteiger partial charge on any atom is -0.343 e. The Morgan fingerprint density at radius 2 is 2.30 bits per heavy atom. The maximum absolute atomic E-state index is 12.1. The molecule has 6 nitrogen and oxygen atoms in total. The van der Waals surface area contributed by atoms with Gasteiger partial charge in [-0.3, -0.25) is 14.9 Å². The van der Waals surface area contributed by atoms with E-state index in [1.807, 2.05) is 0 Å². The number of thiazole rings is 1. The first-order valence-electron chi connectivity index (χ1n) is 5.63. The summed E-state index contributed by atoms with van der Waals surface area (Å²) in [5, 5.41) is 16.4. The molecule has 8 heteroatoms. The summed E-state index contributed by atoms with van der Waals surface area (Å²) in [6.45, 7) is 1.76. The second kappa shape index (κ2) is 5.98. The Labute approximate surface area is 123 Å². The Balaban J connectivity index is 2.23. The molecular formula is C12H10ClN3O3S. The molecule has 1 aromatic heterocycles. The number of nitrogens with one attached hydrogen (secondary N) is 1. The van der Waals surface area contributed by atoms with Gasteiger partial charge in [-0.05, 0) is 19.1 Å². The zero-order chi connectivity index (χ0) is 14.7. The number of aromatic nitrogens is 1. The molecule has 0 aliphatic carbocycles.